The van der Waals surface area contributed by atoms with E-state index in [9.17, 15) is 4.79 Å². The maximum atomic E-state index is 12.2. The van der Waals surface area contributed by atoms with E-state index in [1.165, 1.54) is 44.8 Å². The van der Waals surface area contributed by atoms with Gasteiger partial charge in [0.1, 0.15) is 0 Å². The number of carbonyl (C=O) groups is 1. The third-order valence-corrected chi connectivity index (χ3v) is 11.5. The third-order valence-electron chi connectivity index (χ3n) is 7.28. The second kappa shape index (κ2) is 10.5. The summed E-state index contributed by atoms with van der Waals surface area (Å²) >= 11 is -2.18. The molecule has 1 atom stereocenters. The van der Waals surface area contributed by atoms with E-state index in [4.69, 9.17) is 14.4 Å². The molecule has 0 bridgehead atoms. The summed E-state index contributed by atoms with van der Waals surface area (Å²) in [5.74, 6) is 0.582. The maximum absolute atomic E-state index is 12.2. The van der Waals surface area contributed by atoms with Crippen LogP contribution in [-0.2, 0) is 19.3 Å². The number of hydrogen-bond acceptors (Lipinski definition) is 4. The van der Waals surface area contributed by atoms with Crippen LogP contribution < -0.4 is 19.9 Å². The molecule has 5 nitrogen and oxygen atoms in total. The van der Waals surface area contributed by atoms with Crippen molar-refractivity contribution in [3.63, 3.8) is 0 Å². The number of amides is 1. The first-order valence-electron chi connectivity index (χ1n) is 13.0. The molecule has 1 N–H and O–H groups in total. The van der Waals surface area contributed by atoms with Gasteiger partial charge in [-0.1, -0.05) is 0 Å². The van der Waals surface area contributed by atoms with Crippen molar-refractivity contribution >= 4 is 37.3 Å². The summed E-state index contributed by atoms with van der Waals surface area (Å²) in [4.78, 5) is 17.3. The van der Waals surface area contributed by atoms with Gasteiger partial charge < -0.3 is 0 Å². The molecule has 1 fully saturated rings. The Labute approximate surface area is 235 Å². The van der Waals surface area contributed by atoms with Gasteiger partial charge in [0.15, 0.2) is 0 Å². The minimum absolute atomic E-state index is 0.0353. The first kappa shape index (κ1) is 26.9. The van der Waals surface area contributed by atoms with Gasteiger partial charge >= 0.3 is 236 Å². The number of halogens is 1. The summed E-state index contributed by atoms with van der Waals surface area (Å²) in [6.07, 6.45) is -0.539. The second-order valence-corrected chi connectivity index (χ2v) is 15.1. The van der Waals surface area contributed by atoms with Crippen LogP contribution in [0.15, 0.2) is 42.5 Å². The van der Waals surface area contributed by atoms with Gasteiger partial charge in [-0.05, 0) is 0 Å². The predicted molar refractivity (Wildman–Crippen MR) is 156 cm³/mol. The number of aryl methyl sites for hydroxylation is 6. The van der Waals surface area contributed by atoms with Crippen LogP contribution in [0.4, 0.5) is 17.1 Å². The number of fused-ring (bicyclic) bond motifs is 1. The molecule has 1 amide bonds. The zero-order valence-corrected chi connectivity index (χ0v) is 25.6. The van der Waals surface area contributed by atoms with Gasteiger partial charge in [-0.15, -0.1) is 0 Å². The van der Waals surface area contributed by atoms with Gasteiger partial charge in [0, 0.05) is 0 Å². The summed E-state index contributed by atoms with van der Waals surface area (Å²) in [5, 5.41) is 2.97. The van der Waals surface area contributed by atoms with Gasteiger partial charge in [-0.3, -0.25) is 0 Å². The van der Waals surface area contributed by atoms with Crippen molar-refractivity contribution in [1.29, 1.82) is 0 Å². The molecule has 3 aromatic carbocycles. The molecule has 3 aromatic rings. The third kappa shape index (κ3) is 4.89. The summed E-state index contributed by atoms with van der Waals surface area (Å²) in [6.45, 7) is 16.7. The normalized spacial score (nSPS) is 18.9. The second-order valence-electron chi connectivity index (χ2n) is 10.5. The van der Waals surface area contributed by atoms with Crippen LogP contribution in [0, 0.1) is 41.5 Å². The number of ether oxygens (including phenoxy) is 1. The molecule has 0 aromatic heterocycles. The fourth-order valence-electron chi connectivity index (χ4n) is 5.97. The number of rotatable bonds is 4. The van der Waals surface area contributed by atoms with E-state index in [1.807, 2.05) is 18.2 Å². The Hall–Kier alpha value is -2.69. The van der Waals surface area contributed by atoms with Crippen LogP contribution >= 0.6 is 9.69 Å². The van der Waals surface area contributed by atoms with Crippen LogP contribution in [0.2, 0.25) is 0 Å². The Morgan fingerprint density at radius 2 is 1.39 bits per heavy atom. The summed E-state index contributed by atoms with van der Waals surface area (Å²) in [7, 11) is 7.55. The van der Waals surface area contributed by atoms with Crippen LogP contribution in [0.3, 0.4) is 0 Å². The van der Waals surface area contributed by atoms with E-state index in [1.54, 1.807) is 6.92 Å². The molecule has 2 heterocycles. The van der Waals surface area contributed by atoms with Crippen LogP contribution in [0.1, 0.15) is 45.9 Å². The molecule has 1 unspecified atom stereocenters. The van der Waals surface area contributed by atoms with Crippen molar-refractivity contribution in [2.24, 2.45) is 0 Å². The van der Waals surface area contributed by atoms with Gasteiger partial charge in [-0.2, -0.15) is 0 Å². The van der Waals surface area contributed by atoms with E-state index in [-0.39, 0.29) is 10.7 Å². The monoisotopic (exact) mass is 619 g/mol. The van der Waals surface area contributed by atoms with E-state index in [2.05, 4.69) is 85.5 Å². The SMILES string of the molecule is Cc1cc(C)c(N2CCN(c3c(C)cc(C)cc3C)[CH]2[Ru]([Cl])=[CH]c2cccc3c2OC(C)C(=O)N3)c(C)c1. The molecule has 0 spiro atoms. The Morgan fingerprint density at radius 3 is 1.89 bits per heavy atom. The molecule has 7 heteroatoms. The molecule has 5 rings (SSSR count). The zero-order valence-electron chi connectivity index (χ0n) is 23.1. The summed E-state index contributed by atoms with van der Waals surface area (Å²) < 4.78 is 8.32. The first-order chi connectivity index (χ1) is 18.0. The van der Waals surface area contributed by atoms with Gasteiger partial charge in [0.05, 0.1) is 0 Å². The van der Waals surface area contributed by atoms with Crippen molar-refractivity contribution < 1.29 is 24.0 Å². The molecule has 0 saturated carbocycles. The fraction of sp³-hybridized carbons (Fsp3) is 0.355. The Morgan fingerprint density at radius 1 is 0.895 bits per heavy atom. The minimum atomic E-state index is -2.18. The number of hydrogen-bond donors (Lipinski definition) is 1. The van der Waals surface area contributed by atoms with E-state index in [0.717, 1.165) is 18.7 Å². The number of benzene rings is 3. The van der Waals surface area contributed by atoms with E-state index in [0.29, 0.717) is 11.4 Å². The van der Waals surface area contributed by atoms with Gasteiger partial charge in [0.25, 0.3) is 0 Å². The average Bonchev–Trinajstić information content (AvgIpc) is 3.23. The zero-order chi connectivity index (χ0) is 27.3. The van der Waals surface area contributed by atoms with Gasteiger partial charge in [-0.25, -0.2) is 0 Å². The number of anilines is 3. The number of nitrogens with zero attached hydrogens (tertiary/aromatic N) is 2. The Bertz CT molecular complexity index is 1360. The van der Waals surface area contributed by atoms with E-state index >= 15 is 0 Å². The molecule has 0 aliphatic carbocycles. The fourth-order valence-corrected chi connectivity index (χ4v) is 10.6. The molecule has 0 radical (unpaired) electrons. The molecule has 202 valence electrons. The first-order valence-corrected chi connectivity index (χ1v) is 17.2. The Kier molecular flexibility index (Phi) is 7.41. The Balaban J connectivity index is 1.65. The quantitative estimate of drug-likeness (QED) is 0.340. The van der Waals surface area contributed by atoms with Crippen molar-refractivity contribution in [1.82, 2.24) is 0 Å². The van der Waals surface area contributed by atoms with Crippen molar-refractivity contribution in [2.45, 2.75) is 59.3 Å². The molecular formula is C31H36ClN3O2Ru. The van der Waals surface area contributed by atoms with Crippen LogP contribution in [0.25, 0.3) is 0 Å². The van der Waals surface area contributed by atoms with E-state index < -0.39 is 20.6 Å². The van der Waals surface area contributed by atoms with Crippen molar-refractivity contribution in [2.75, 3.05) is 28.2 Å². The molecule has 2 aliphatic heterocycles. The summed E-state index contributed by atoms with van der Waals surface area (Å²) in [6, 6.07) is 15.0. The molecule has 2 aliphatic rings. The predicted octanol–water partition coefficient (Wildman–Crippen LogP) is 6.49. The summed E-state index contributed by atoms with van der Waals surface area (Å²) in [5.41, 5.74) is 11.9. The molecular weight excluding hydrogens is 583 g/mol. The topological polar surface area (TPSA) is 44.8 Å². The molecule has 1 saturated heterocycles. The van der Waals surface area contributed by atoms with Crippen molar-refractivity contribution in [3.05, 3.63) is 81.4 Å². The number of carbonyl (C=O) groups excluding carboxylic acids is 1. The molecule has 38 heavy (non-hydrogen) atoms. The van der Waals surface area contributed by atoms with Crippen molar-refractivity contribution in [3.8, 4) is 5.75 Å². The van der Waals surface area contributed by atoms with Crippen LogP contribution in [0.5, 0.6) is 5.75 Å². The number of para-hydroxylation sites is 1. The van der Waals surface area contributed by atoms with Crippen LogP contribution in [-0.4, -0.2) is 34.5 Å². The standard InChI is InChI=1S/C21H27N2.C10H9NO2.ClH.Ru/c1-14-9-16(3)20(17(4)10-14)22-7-8-23(13-22)21-18(5)11-15(2)12-19(21)6;1-6-4-3-5-8-9(6)13-7(2)10(12)11-8;;/h9-13H,7-8H2,1-6H3;1,3-5,7H,2H3,(H,11,12);1H;/q;;;+1/p-1. The number of nitrogens with one attached hydrogen (secondary N) is 1. The average molecular weight is 619 g/mol. The van der Waals surface area contributed by atoms with Gasteiger partial charge in [0.2, 0.25) is 0 Å².